The third kappa shape index (κ3) is 3.04. The lowest BCUT2D eigenvalue weighted by Gasteiger charge is -2.06. The zero-order valence-electron chi connectivity index (χ0n) is 8.87. The van der Waals surface area contributed by atoms with E-state index in [4.69, 9.17) is 10.2 Å². The molecule has 0 spiro atoms. The zero-order valence-corrected chi connectivity index (χ0v) is 9.69. The van der Waals surface area contributed by atoms with E-state index < -0.39 is 27.5 Å². The molecule has 92 valence electrons. The summed E-state index contributed by atoms with van der Waals surface area (Å²) in [5, 5.41) is 17.2. The highest BCUT2D eigenvalue weighted by Crippen LogP contribution is 2.18. The average Bonchev–Trinajstić information content (AvgIpc) is 2.15. The van der Waals surface area contributed by atoms with Crippen LogP contribution in [0.4, 0.5) is 0 Å². The molecule has 17 heavy (non-hydrogen) atoms. The monoisotopic (exact) mass is 258 g/mol. The first-order chi connectivity index (χ1) is 7.74. The van der Waals surface area contributed by atoms with E-state index in [1.165, 1.54) is 19.1 Å². The van der Waals surface area contributed by atoms with E-state index in [0.29, 0.717) is 5.56 Å². The molecule has 0 aliphatic carbocycles. The minimum Gasteiger partial charge on any atom is -0.480 e. The number of sulfone groups is 1. The highest BCUT2D eigenvalue weighted by molar-refractivity contribution is 7.92. The van der Waals surface area contributed by atoms with Crippen molar-refractivity contribution < 1.29 is 28.2 Å². The minimum absolute atomic E-state index is 0.195. The van der Waals surface area contributed by atoms with Gasteiger partial charge in [0.1, 0.15) is 0 Å². The number of carbonyl (C=O) groups is 2. The van der Waals surface area contributed by atoms with Crippen molar-refractivity contribution in [2.45, 2.75) is 11.8 Å². The fraction of sp³-hybridized carbons (Fsp3) is 0.200. The molecule has 0 aromatic heterocycles. The van der Waals surface area contributed by atoms with Crippen LogP contribution in [-0.4, -0.2) is 36.3 Å². The van der Waals surface area contributed by atoms with Gasteiger partial charge in [-0.3, -0.25) is 4.79 Å². The van der Waals surface area contributed by atoms with Crippen LogP contribution in [0.15, 0.2) is 23.1 Å². The second kappa shape index (κ2) is 4.54. The lowest BCUT2D eigenvalue weighted by atomic mass is 10.1. The Labute approximate surface area is 97.4 Å². The Hall–Kier alpha value is -1.89. The molecule has 1 aromatic rings. The molecule has 2 N–H and O–H groups in total. The number of hydrogen-bond acceptors (Lipinski definition) is 4. The Bertz CT molecular complexity index is 572. The third-order valence-electron chi connectivity index (χ3n) is 2.08. The number of aliphatic carboxylic acids is 1. The molecule has 0 atom stereocenters. The van der Waals surface area contributed by atoms with Crippen molar-refractivity contribution >= 4 is 21.8 Å². The van der Waals surface area contributed by atoms with Crippen molar-refractivity contribution in [2.75, 3.05) is 5.75 Å². The van der Waals surface area contributed by atoms with Crippen LogP contribution in [0.5, 0.6) is 0 Å². The average molecular weight is 258 g/mol. The topological polar surface area (TPSA) is 109 Å². The molecular formula is C10H10O6S. The summed E-state index contributed by atoms with van der Waals surface area (Å²) in [6, 6.07) is 3.56. The first-order valence-corrected chi connectivity index (χ1v) is 6.18. The molecule has 1 rings (SSSR count). The van der Waals surface area contributed by atoms with Crippen LogP contribution >= 0.6 is 0 Å². The zero-order chi connectivity index (χ0) is 13.2. The third-order valence-corrected chi connectivity index (χ3v) is 3.82. The normalized spacial score (nSPS) is 11.1. The van der Waals surface area contributed by atoms with Gasteiger partial charge in [-0.15, -0.1) is 0 Å². The van der Waals surface area contributed by atoms with Gasteiger partial charge in [-0.1, -0.05) is 6.07 Å². The summed E-state index contributed by atoms with van der Waals surface area (Å²) in [5.41, 5.74) is 0.121. The molecule has 0 saturated carbocycles. The van der Waals surface area contributed by atoms with Crippen molar-refractivity contribution in [3.63, 3.8) is 0 Å². The van der Waals surface area contributed by atoms with E-state index in [-0.39, 0.29) is 10.5 Å². The Morgan fingerprint density at radius 1 is 1.24 bits per heavy atom. The molecule has 6 nitrogen and oxygen atoms in total. The molecule has 0 amide bonds. The lowest BCUT2D eigenvalue weighted by molar-refractivity contribution is -0.134. The highest BCUT2D eigenvalue weighted by Gasteiger charge is 2.22. The Kier molecular flexibility index (Phi) is 3.52. The fourth-order valence-electron chi connectivity index (χ4n) is 1.31. The predicted octanol–water partition coefficient (Wildman–Crippen LogP) is 0.552. The van der Waals surface area contributed by atoms with Gasteiger partial charge in [0.15, 0.2) is 15.6 Å². The van der Waals surface area contributed by atoms with Crippen LogP contribution in [0.3, 0.4) is 0 Å². The van der Waals surface area contributed by atoms with Crippen LogP contribution in [0, 0.1) is 6.92 Å². The first-order valence-electron chi connectivity index (χ1n) is 4.52. The molecule has 0 aliphatic rings. The van der Waals surface area contributed by atoms with Gasteiger partial charge in [0.05, 0.1) is 10.5 Å². The summed E-state index contributed by atoms with van der Waals surface area (Å²) >= 11 is 0. The predicted molar refractivity (Wildman–Crippen MR) is 57.8 cm³/mol. The number of aryl methyl sites for hydroxylation is 1. The van der Waals surface area contributed by atoms with Gasteiger partial charge in [0.2, 0.25) is 0 Å². The summed E-state index contributed by atoms with van der Waals surface area (Å²) in [4.78, 5) is 20.9. The molecule has 0 bridgehead atoms. The van der Waals surface area contributed by atoms with E-state index >= 15 is 0 Å². The minimum atomic E-state index is -4.01. The van der Waals surface area contributed by atoms with Gasteiger partial charge in [-0.25, -0.2) is 13.2 Å². The highest BCUT2D eigenvalue weighted by atomic mass is 32.2. The summed E-state index contributed by atoms with van der Waals surface area (Å²) in [6.45, 7) is 1.47. The van der Waals surface area contributed by atoms with E-state index in [0.717, 1.165) is 6.07 Å². The SMILES string of the molecule is Cc1ccc(C(=O)O)cc1S(=O)(=O)CC(=O)O. The number of carboxylic acid groups (broad SMARTS) is 2. The quantitative estimate of drug-likeness (QED) is 0.816. The molecule has 0 fully saturated rings. The number of rotatable bonds is 4. The fourth-order valence-corrected chi connectivity index (χ4v) is 2.65. The van der Waals surface area contributed by atoms with Crippen LogP contribution in [-0.2, 0) is 14.6 Å². The van der Waals surface area contributed by atoms with Gasteiger partial charge in [0.25, 0.3) is 0 Å². The summed E-state index contributed by atoms with van der Waals surface area (Å²) in [5.74, 6) is -3.81. The van der Waals surface area contributed by atoms with Crippen LogP contribution in [0.25, 0.3) is 0 Å². The van der Waals surface area contributed by atoms with E-state index in [1.54, 1.807) is 0 Å². The second-order valence-electron chi connectivity index (χ2n) is 3.44. The first kappa shape index (κ1) is 13.2. The smallest absolute Gasteiger partial charge is 0.335 e. The van der Waals surface area contributed by atoms with Gasteiger partial charge in [-0.05, 0) is 24.6 Å². The van der Waals surface area contributed by atoms with E-state index in [9.17, 15) is 18.0 Å². The Morgan fingerprint density at radius 3 is 2.29 bits per heavy atom. The van der Waals surface area contributed by atoms with Crippen LogP contribution in [0.2, 0.25) is 0 Å². The van der Waals surface area contributed by atoms with Gasteiger partial charge in [-0.2, -0.15) is 0 Å². The summed E-state index contributed by atoms with van der Waals surface area (Å²) in [6.07, 6.45) is 0. The van der Waals surface area contributed by atoms with Crippen molar-refractivity contribution in [1.29, 1.82) is 0 Å². The molecule has 7 heteroatoms. The maximum Gasteiger partial charge on any atom is 0.335 e. The number of benzene rings is 1. The largest absolute Gasteiger partial charge is 0.480 e. The Morgan fingerprint density at radius 2 is 1.82 bits per heavy atom. The van der Waals surface area contributed by atoms with Crippen molar-refractivity contribution in [1.82, 2.24) is 0 Å². The Balaban J connectivity index is 3.35. The number of hydrogen-bond donors (Lipinski definition) is 2. The lowest BCUT2D eigenvalue weighted by Crippen LogP contribution is -2.16. The standard InChI is InChI=1S/C10H10O6S/c1-6-2-3-7(10(13)14)4-8(6)17(15,16)5-9(11)12/h2-4H,5H2,1H3,(H,11,12)(H,13,14). The molecular weight excluding hydrogens is 248 g/mol. The summed E-state index contributed by atoms with van der Waals surface area (Å²) < 4.78 is 23.3. The van der Waals surface area contributed by atoms with Crippen molar-refractivity contribution in [3.8, 4) is 0 Å². The molecule has 0 saturated heterocycles. The van der Waals surface area contributed by atoms with Crippen LogP contribution in [0.1, 0.15) is 15.9 Å². The van der Waals surface area contributed by atoms with E-state index in [1.807, 2.05) is 0 Å². The summed E-state index contributed by atoms with van der Waals surface area (Å²) in [7, 11) is -4.01. The number of carboxylic acids is 2. The van der Waals surface area contributed by atoms with Crippen LogP contribution < -0.4 is 0 Å². The van der Waals surface area contributed by atoms with E-state index in [2.05, 4.69) is 0 Å². The van der Waals surface area contributed by atoms with Gasteiger partial charge in [0, 0.05) is 0 Å². The molecule has 0 radical (unpaired) electrons. The van der Waals surface area contributed by atoms with Crippen molar-refractivity contribution in [2.24, 2.45) is 0 Å². The molecule has 0 unspecified atom stereocenters. The molecule has 1 aromatic carbocycles. The second-order valence-corrected chi connectivity index (χ2v) is 5.40. The molecule has 0 heterocycles. The molecule has 0 aliphatic heterocycles. The van der Waals surface area contributed by atoms with Gasteiger partial charge >= 0.3 is 11.9 Å². The van der Waals surface area contributed by atoms with Crippen molar-refractivity contribution in [3.05, 3.63) is 29.3 Å². The number of aromatic carboxylic acids is 1. The maximum atomic E-state index is 11.7. The van der Waals surface area contributed by atoms with Gasteiger partial charge < -0.3 is 10.2 Å². The maximum absolute atomic E-state index is 11.7.